The summed E-state index contributed by atoms with van der Waals surface area (Å²) < 4.78 is 11.3. The Morgan fingerprint density at radius 1 is 0.875 bits per heavy atom. The molecule has 3 rings (SSSR count). The highest BCUT2D eigenvalue weighted by molar-refractivity contribution is 5.74. The van der Waals surface area contributed by atoms with E-state index in [-0.39, 0.29) is 11.9 Å². The summed E-state index contributed by atoms with van der Waals surface area (Å²) in [4.78, 5) is 13.2. The van der Waals surface area contributed by atoms with E-state index < -0.39 is 11.1 Å². The highest BCUT2D eigenvalue weighted by Gasteiger charge is 2.55. The summed E-state index contributed by atoms with van der Waals surface area (Å²) in [6.07, 6.45) is 10.6. The molecule has 1 atom stereocenters. The first-order valence-corrected chi connectivity index (χ1v) is 14.7. The number of para-hydroxylation sites is 1. The lowest BCUT2D eigenvalue weighted by atomic mass is 9.87. The third kappa shape index (κ3) is 9.30. The van der Waals surface area contributed by atoms with Crippen molar-refractivity contribution in [1.82, 2.24) is 5.06 Å². The number of esters is 1. The zero-order chi connectivity index (χ0) is 29.0. The minimum absolute atomic E-state index is 0.234. The molecule has 0 aliphatic carbocycles. The number of nitrogens with zero attached hydrogens (tertiary/aromatic N) is 3. The van der Waals surface area contributed by atoms with Crippen LogP contribution in [0.1, 0.15) is 91.9 Å². The van der Waals surface area contributed by atoms with E-state index in [1.807, 2.05) is 45.9 Å². The molecule has 1 radical (unpaired) electrons. The van der Waals surface area contributed by atoms with Gasteiger partial charge in [0, 0.05) is 22.8 Å². The van der Waals surface area contributed by atoms with Gasteiger partial charge in [-0.1, -0.05) is 68.0 Å². The second kappa shape index (κ2) is 15.1. The Labute approximate surface area is 239 Å². The van der Waals surface area contributed by atoms with Gasteiger partial charge in [-0.3, -0.25) is 4.79 Å². The third-order valence-corrected chi connectivity index (χ3v) is 7.74. The summed E-state index contributed by atoms with van der Waals surface area (Å²) in [6, 6.07) is 16.2. The van der Waals surface area contributed by atoms with Crippen molar-refractivity contribution in [2.24, 2.45) is 11.0 Å². The first kappa shape index (κ1) is 31.6. The van der Waals surface area contributed by atoms with Crippen LogP contribution in [0.2, 0.25) is 0 Å². The number of ether oxygens (including phenoxy) is 2. The zero-order valence-corrected chi connectivity index (χ0v) is 24.6. The van der Waals surface area contributed by atoms with Crippen LogP contribution in [0.4, 0.5) is 11.4 Å². The lowest BCUT2D eigenvalue weighted by Crippen LogP contribution is -2.47. The molecule has 1 aliphatic heterocycles. The average Bonchev–Trinajstić information content (AvgIpc) is 3.11. The predicted molar refractivity (Wildman–Crippen MR) is 155 cm³/mol. The number of benzene rings is 2. The first-order valence-electron chi connectivity index (χ1n) is 14.7. The van der Waals surface area contributed by atoms with E-state index in [0.29, 0.717) is 35.9 Å². The topological polar surface area (TPSA) is 97.1 Å². The van der Waals surface area contributed by atoms with Crippen LogP contribution in [0.25, 0.3) is 0 Å². The second-order valence-corrected chi connectivity index (χ2v) is 11.9. The molecule has 8 nitrogen and oxygen atoms in total. The molecule has 40 heavy (non-hydrogen) atoms. The molecule has 1 heterocycles. The minimum atomic E-state index is -0.723. The Morgan fingerprint density at radius 3 is 1.98 bits per heavy atom. The van der Waals surface area contributed by atoms with Crippen LogP contribution in [0.3, 0.4) is 0 Å². The predicted octanol–water partition coefficient (Wildman–Crippen LogP) is 8.27. The Kier molecular flexibility index (Phi) is 11.9. The first-order chi connectivity index (χ1) is 19.1. The quantitative estimate of drug-likeness (QED) is 0.0686. The van der Waals surface area contributed by atoms with Crippen molar-refractivity contribution in [3.05, 3.63) is 59.8 Å². The molecule has 2 aromatic rings. The molecule has 0 saturated carbocycles. The van der Waals surface area contributed by atoms with Crippen molar-refractivity contribution in [2.45, 2.75) is 103 Å². The Morgan fingerprint density at radius 2 is 1.43 bits per heavy atom. The fraction of sp³-hybridized carbons (Fsp3) is 0.594. The van der Waals surface area contributed by atoms with Gasteiger partial charge in [-0.25, -0.2) is 0 Å². The van der Waals surface area contributed by atoms with Crippen molar-refractivity contribution in [3.63, 3.8) is 0 Å². The van der Waals surface area contributed by atoms with Crippen LogP contribution in [0.5, 0.6) is 5.75 Å². The standard InChI is InChI=1S/C32H46N3O5/c1-31(2)25-29(32(3,4)35(31)38)30(36)40-24-16-11-9-7-5-6-8-10-15-23-39-28-21-19-26(20-22-28)33-34(37)27-17-13-12-14-18-27/h12-14,17-22,29H,5-11,15-16,23-25H2,1-4H3. The van der Waals surface area contributed by atoms with Crippen LogP contribution in [0.15, 0.2) is 59.7 Å². The molecule has 1 unspecified atom stereocenters. The number of carbonyl (C=O) groups is 1. The van der Waals surface area contributed by atoms with Crippen molar-refractivity contribution in [1.29, 1.82) is 0 Å². The maximum Gasteiger partial charge on any atom is 0.310 e. The number of unbranched alkanes of at least 4 members (excludes halogenated alkanes) is 8. The van der Waals surface area contributed by atoms with Gasteiger partial charge in [-0.2, -0.15) is 0 Å². The van der Waals surface area contributed by atoms with Gasteiger partial charge in [0.15, 0.2) is 0 Å². The molecule has 2 aromatic carbocycles. The van der Waals surface area contributed by atoms with Gasteiger partial charge in [0.25, 0.3) is 0 Å². The van der Waals surface area contributed by atoms with E-state index in [1.54, 1.807) is 36.4 Å². The van der Waals surface area contributed by atoms with Gasteiger partial charge in [0.2, 0.25) is 5.69 Å². The summed E-state index contributed by atoms with van der Waals surface area (Å²) in [5, 5.41) is 29.7. The van der Waals surface area contributed by atoms with Crippen LogP contribution < -0.4 is 4.74 Å². The Bertz CT molecular complexity index is 1070. The van der Waals surface area contributed by atoms with Gasteiger partial charge in [-0.05, 0) is 71.2 Å². The monoisotopic (exact) mass is 552 g/mol. The van der Waals surface area contributed by atoms with Gasteiger partial charge in [0.1, 0.15) is 11.4 Å². The number of hydrogen-bond donors (Lipinski definition) is 0. The molecule has 1 fully saturated rings. The SMILES string of the molecule is CC1(C)CC(C(=O)OCCCCCCCCCCCOc2ccc(N=[N+]([O-])c3ccccc3)cc2)C(C)(C)N1[O]. The Balaban J connectivity index is 1.16. The molecule has 0 spiro atoms. The normalized spacial score (nSPS) is 18.5. The summed E-state index contributed by atoms with van der Waals surface area (Å²) in [7, 11) is 0. The molecular formula is C32H46N3O5. The number of hydroxylamine groups is 2. The highest BCUT2D eigenvalue weighted by atomic mass is 16.5. The molecule has 0 N–H and O–H groups in total. The van der Waals surface area contributed by atoms with Crippen molar-refractivity contribution in [3.8, 4) is 5.75 Å². The fourth-order valence-corrected chi connectivity index (χ4v) is 5.36. The lowest BCUT2D eigenvalue weighted by molar-refractivity contribution is -0.435. The minimum Gasteiger partial charge on any atom is -0.594 e. The number of azo groups is 1. The van der Waals surface area contributed by atoms with Crippen molar-refractivity contribution >= 4 is 17.3 Å². The van der Waals surface area contributed by atoms with Gasteiger partial charge >= 0.3 is 5.97 Å². The second-order valence-electron chi connectivity index (χ2n) is 11.9. The molecule has 0 bridgehead atoms. The van der Waals surface area contributed by atoms with E-state index in [2.05, 4.69) is 5.11 Å². The van der Waals surface area contributed by atoms with Crippen LogP contribution >= 0.6 is 0 Å². The van der Waals surface area contributed by atoms with Crippen LogP contribution in [-0.4, -0.2) is 40.2 Å². The van der Waals surface area contributed by atoms with E-state index in [0.717, 1.165) is 42.9 Å². The average molecular weight is 553 g/mol. The molecule has 8 heteroatoms. The number of carbonyl (C=O) groups excluding carboxylic acids is 1. The highest BCUT2D eigenvalue weighted by Crippen LogP contribution is 2.44. The van der Waals surface area contributed by atoms with E-state index in [1.165, 1.54) is 25.7 Å². The maximum absolute atomic E-state index is 12.5. The van der Waals surface area contributed by atoms with Crippen LogP contribution in [0, 0.1) is 11.1 Å². The molecule has 0 aromatic heterocycles. The molecule has 219 valence electrons. The lowest BCUT2D eigenvalue weighted by Gasteiger charge is -2.32. The van der Waals surface area contributed by atoms with E-state index >= 15 is 0 Å². The molecule has 1 saturated heterocycles. The summed E-state index contributed by atoms with van der Waals surface area (Å²) in [5.74, 6) is 0.176. The third-order valence-electron chi connectivity index (χ3n) is 7.74. The smallest absolute Gasteiger partial charge is 0.310 e. The van der Waals surface area contributed by atoms with Crippen molar-refractivity contribution < 1.29 is 24.3 Å². The largest absolute Gasteiger partial charge is 0.594 e. The van der Waals surface area contributed by atoms with E-state index in [4.69, 9.17) is 9.47 Å². The van der Waals surface area contributed by atoms with E-state index in [9.17, 15) is 15.2 Å². The molecule has 0 amide bonds. The van der Waals surface area contributed by atoms with Crippen molar-refractivity contribution in [2.75, 3.05) is 13.2 Å². The number of rotatable bonds is 16. The summed E-state index contributed by atoms with van der Waals surface area (Å²) in [5.41, 5.74) is -0.177. The summed E-state index contributed by atoms with van der Waals surface area (Å²) >= 11 is 0. The fourth-order valence-electron chi connectivity index (χ4n) is 5.36. The number of hydrogen-bond acceptors (Lipinski definition) is 6. The Hall–Kier alpha value is -2.97. The van der Waals surface area contributed by atoms with Gasteiger partial charge in [-0.15, -0.1) is 10.3 Å². The van der Waals surface area contributed by atoms with Gasteiger partial charge in [0.05, 0.1) is 24.7 Å². The summed E-state index contributed by atoms with van der Waals surface area (Å²) in [6.45, 7) is 8.56. The molecular weight excluding hydrogens is 506 g/mol. The maximum atomic E-state index is 12.5. The van der Waals surface area contributed by atoms with Gasteiger partial charge < -0.3 is 14.7 Å². The van der Waals surface area contributed by atoms with Crippen LogP contribution in [-0.2, 0) is 14.7 Å². The zero-order valence-electron chi connectivity index (χ0n) is 24.6. The molecule has 1 aliphatic rings.